The first-order valence-corrected chi connectivity index (χ1v) is 6.35. The average Bonchev–Trinajstić information content (AvgIpc) is 2.71. The topological polar surface area (TPSA) is 35.2 Å². The van der Waals surface area contributed by atoms with E-state index in [9.17, 15) is 0 Å². The molecule has 1 aliphatic rings. The van der Waals surface area contributed by atoms with E-state index in [0.29, 0.717) is 12.0 Å². The highest BCUT2D eigenvalue weighted by molar-refractivity contribution is 7.12. The van der Waals surface area contributed by atoms with Crippen LogP contribution >= 0.6 is 11.3 Å². The second kappa shape index (κ2) is 4.24. The molecule has 0 spiro atoms. The van der Waals surface area contributed by atoms with Crippen LogP contribution in [0, 0.1) is 19.8 Å². The van der Waals surface area contributed by atoms with Crippen LogP contribution in [0.1, 0.15) is 34.7 Å². The molecule has 0 radical (unpaired) electrons. The van der Waals surface area contributed by atoms with Crippen molar-refractivity contribution in [3.05, 3.63) is 21.4 Å². The van der Waals surface area contributed by atoms with Gasteiger partial charge in [0.05, 0.1) is 6.10 Å². The molecule has 2 N–H and O–H groups in total. The first kappa shape index (κ1) is 11.1. The third-order valence-electron chi connectivity index (χ3n) is 3.33. The van der Waals surface area contributed by atoms with Crippen molar-refractivity contribution >= 4 is 11.3 Å². The Morgan fingerprint density at radius 3 is 2.73 bits per heavy atom. The number of aryl methyl sites for hydroxylation is 2. The lowest BCUT2D eigenvalue weighted by Crippen LogP contribution is -2.26. The van der Waals surface area contributed by atoms with E-state index < -0.39 is 0 Å². The van der Waals surface area contributed by atoms with Crippen LogP contribution in [0.15, 0.2) is 6.07 Å². The van der Waals surface area contributed by atoms with Gasteiger partial charge in [-0.05, 0) is 38.8 Å². The number of hydrogen-bond donors (Lipinski definition) is 1. The Morgan fingerprint density at radius 1 is 1.53 bits per heavy atom. The number of ether oxygens (including phenoxy) is 1. The van der Waals surface area contributed by atoms with Crippen molar-refractivity contribution in [2.75, 3.05) is 6.61 Å². The SMILES string of the molecule is Cc1cc(C(N)C2CCOC2C)c(C)s1. The fraction of sp³-hybridized carbons (Fsp3) is 0.667. The molecule has 2 rings (SSSR count). The monoisotopic (exact) mass is 225 g/mol. The van der Waals surface area contributed by atoms with Crippen molar-refractivity contribution < 1.29 is 4.74 Å². The van der Waals surface area contributed by atoms with Gasteiger partial charge in [0, 0.05) is 28.3 Å². The summed E-state index contributed by atoms with van der Waals surface area (Å²) in [7, 11) is 0. The maximum Gasteiger partial charge on any atom is 0.0594 e. The van der Waals surface area contributed by atoms with Crippen LogP contribution in [0.3, 0.4) is 0 Å². The smallest absolute Gasteiger partial charge is 0.0594 e. The third-order valence-corrected chi connectivity index (χ3v) is 4.32. The van der Waals surface area contributed by atoms with E-state index in [1.807, 2.05) is 11.3 Å². The standard InChI is InChI=1S/C12H19NOS/c1-7-6-11(9(3)15-7)12(13)10-4-5-14-8(10)2/h6,8,10,12H,4-5,13H2,1-3H3. The molecule has 2 heterocycles. The van der Waals surface area contributed by atoms with Crippen LogP contribution in [-0.4, -0.2) is 12.7 Å². The second-order valence-electron chi connectivity index (χ2n) is 4.42. The summed E-state index contributed by atoms with van der Waals surface area (Å²) in [4.78, 5) is 2.71. The van der Waals surface area contributed by atoms with E-state index >= 15 is 0 Å². The van der Waals surface area contributed by atoms with Gasteiger partial charge < -0.3 is 10.5 Å². The van der Waals surface area contributed by atoms with Crippen LogP contribution < -0.4 is 5.73 Å². The molecule has 0 amide bonds. The summed E-state index contributed by atoms with van der Waals surface area (Å²) in [6.07, 6.45) is 1.40. The molecule has 15 heavy (non-hydrogen) atoms. The van der Waals surface area contributed by atoms with E-state index in [0.717, 1.165) is 13.0 Å². The van der Waals surface area contributed by atoms with Gasteiger partial charge in [-0.1, -0.05) is 0 Å². The highest BCUT2D eigenvalue weighted by Crippen LogP contribution is 2.35. The Hall–Kier alpha value is -0.380. The summed E-state index contributed by atoms with van der Waals surface area (Å²) in [6, 6.07) is 2.38. The molecule has 1 aromatic rings. The minimum atomic E-state index is 0.146. The molecule has 1 saturated heterocycles. The quantitative estimate of drug-likeness (QED) is 0.840. The first-order valence-electron chi connectivity index (χ1n) is 5.53. The molecular formula is C12H19NOS. The third kappa shape index (κ3) is 2.10. The largest absolute Gasteiger partial charge is 0.378 e. The van der Waals surface area contributed by atoms with Crippen molar-refractivity contribution in [1.29, 1.82) is 0 Å². The van der Waals surface area contributed by atoms with Gasteiger partial charge >= 0.3 is 0 Å². The Bertz CT molecular complexity index is 347. The van der Waals surface area contributed by atoms with E-state index in [1.54, 1.807) is 0 Å². The molecule has 0 bridgehead atoms. The molecular weight excluding hydrogens is 206 g/mol. The molecule has 3 unspecified atom stereocenters. The minimum Gasteiger partial charge on any atom is -0.378 e. The van der Waals surface area contributed by atoms with Gasteiger partial charge in [-0.3, -0.25) is 0 Å². The van der Waals surface area contributed by atoms with E-state index in [-0.39, 0.29) is 6.04 Å². The fourth-order valence-electron chi connectivity index (χ4n) is 2.43. The number of thiophene rings is 1. The zero-order chi connectivity index (χ0) is 11.0. The summed E-state index contributed by atoms with van der Waals surface area (Å²) in [6.45, 7) is 7.30. The van der Waals surface area contributed by atoms with Crippen molar-refractivity contribution in [1.82, 2.24) is 0 Å². The van der Waals surface area contributed by atoms with Crippen molar-refractivity contribution in [3.8, 4) is 0 Å². The zero-order valence-electron chi connectivity index (χ0n) is 9.62. The summed E-state index contributed by atoms with van der Waals surface area (Å²) < 4.78 is 5.58. The van der Waals surface area contributed by atoms with Crippen LogP contribution in [0.4, 0.5) is 0 Å². The van der Waals surface area contributed by atoms with Crippen LogP contribution in [0.5, 0.6) is 0 Å². The summed E-state index contributed by atoms with van der Waals surface area (Å²) in [5, 5.41) is 0. The molecule has 1 fully saturated rings. The highest BCUT2D eigenvalue weighted by Gasteiger charge is 2.31. The van der Waals surface area contributed by atoms with Crippen LogP contribution in [0.25, 0.3) is 0 Å². The minimum absolute atomic E-state index is 0.146. The maximum absolute atomic E-state index is 6.33. The highest BCUT2D eigenvalue weighted by atomic mass is 32.1. The zero-order valence-corrected chi connectivity index (χ0v) is 10.4. The Balaban J connectivity index is 2.19. The lowest BCUT2D eigenvalue weighted by molar-refractivity contribution is 0.0995. The Labute approximate surface area is 95.4 Å². The summed E-state index contributed by atoms with van der Waals surface area (Å²) >= 11 is 1.84. The molecule has 0 aliphatic carbocycles. The van der Waals surface area contributed by atoms with Gasteiger partial charge in [0.15, 0.2) is 0 Å². The predicted molar refractivity (Wildman–Crippen MR) is 64.2 cm³/mol. The van der Waals surface area contributed by atoms with Gasteiger partial charge in [-0.2, -0.15) is 0 Å². The lowest BCUT2D eigenvalue weighted by Gasteiger charge is -2.22. The fourth-order valence-corrected chi connectivity index (χ4v) is 3.41. The molecule has 1 aromatic heterocycles. The Kier molecular flexibility index (Phi) is 3.14. The van der Waals surface area contributed by atoms with Gasteiger partial charge in [0.25, 0.3) is 0 Å². The number of hydrogen-bond acceptors (Lipinski definition) is 3. The van der Waals surface area contributed by atoms with E-state index in [2.05, 4.69) is 26.8 Å². The molecule has 3 heteroatoms. The summed E-state index contributed by atoms with van der Waals surface area (Å²) in [5.74, 6) is 0.484. The molecule has 3 atom stereocenters. The van der Waals surface area contributed by atoms with Crippen molar-refractivity contribution in [3.63, 3.8) is 0 Å². The van der Waals surface area contributed by atoms with Crippen molar-refractivity contribution in [2.45, 2.75) is 39.3 Å². The van der Waals surface area contributed by atoms with Gasteiger partial charge in [-0.25, -0.2) is 0 Å². The predicted octanol–water partition coefficient (Wildman–Crippen LogP) is 2.79. The van der Waals surface area contributed by atoms with Crippen LogP contribution in [-0.2, 0) is 4.74 Å². The summed E-state index contributed by atoms with van der Waals surface area (Å²) in [5.41, 5.74) is 7.65. The molecule has 0 saturated carbocycles. The van der Waals surface area contributed by atoms with Gasteiger partial charge in [0.2, 0.25) is 0 Å². The normalized spacial score (nSPS) is 28.3. The Morgan fingerprint density at radius 2 is 2.27 bits per heavy atom. The second-order valence-corrected chi connectivity index (χ2v) is 5.88. The van der Waals surface area contributed by atoms with Crippen LogP contribution in [0.2, 0.25) is 0 Å². The van der Waals surface area contributed by atoms with Gasteiger partial charge in [0.1, 0.15) is 0 Å². The number of nitrogens with two attached hydrogens (primary N) is 1. The van der Waals surface area contributed by atoms with E-state index in [1.165, 1.54) is 15.3 Å². The average molecular weight is 225 g/mol. The van der Waals surface area contributed by atoms with E-state index in [4.69, 9.17) is 10.5 Å². The first-order chi connectivity index (χ1) is 7.09. The van der Waals surface area contributed by atoms with Gasteiger partial charge in [-0.15, -0.1) is 11.3 Å². The van der Waals surface area contributed by atoms with Crippen molar-refractivity contribution in [2.24, 2.45) is 11.7 Å². The molecule has 2 nitrogen and oxygen atoms in total. The number of rotatable bonds is 2. The maximum atomic E-state index is 6.33. The lowest BCUT2D eigenvalue weighted by atomic mass is 9.89. The molecule has 84 valence electrons. The molecule has 0 aromatic carbocycles. The molecule has 1 aliphatic heterocycles.